The Morgan fingerprint density at radius 1 is 1.21 bits per heavy atom. The van der Waals surface area contributed by atoms with E-state index in [-0.39, 0.29) is 5.91 Å². The summed E-state index contributed by atoms with van der Waals surface area (Å²) in [4.78, 5) is 11.4. The molecule has 0 fully saturated rings. The molecule has 0 spiro atoms. The van der Waals surface area contributed by atoms with Crippen LogP contribution < -0.4 is 15.4 Å². The number of para-hydroxylation sites is 1. The Morgan fingerprint density at radius 2 is 2.00 bits per heavy atom. The van der Waals surface area contributed by atoms with Crippen LogP contribution in [-0.2, 0) is 16.1 Å². The number of hydrogen-bond acceptors (Lipinski definition) is 4. The van der Waals surface area contributed by atoms with Gasteiger partial charge in [-0.25, -0.2) is 0 Å². The molecular weight excluding hydrogens is 244 g/mol. The molecule has 0 atom stereocenters. The summed E-state index contributed by atoms with van der Waals surface area (Å²) in [7, 11) is 3.27. The van der Waals surface area contributed by atoms with Gasteiger partial charge >= 0.3 is 0 Å². The van der Waals surface area contributed by atoms with E-state index in [0.29, 0.717) is 32.7 Å². The molecule has 1 aromatic rings. The van der Waals surface area contributed by atoms with Gasteiger partial charge < -0.3 is 20.1 Å². The molecule has 0 radical (unpaired) electrons. The summed E-state index contributed by atoms with van der Waals surface area (Å²) >= 11 is 0. The Kier molecular flexibility index (Phi) is 7.62. The highest BCUT2D eigenvalue weighted by molar-refractivity contribution is 5.76. The third-order valence-electron chi connectivity index (χ3n) is 2.67. The van der Waals surface area contributed by atoms with Gasteiger partial charge in [-0.15, -0.1) is 0 Å². The summed E-state index contributed by atoms with van der Waals surface area (Å²) < 4.78 is 10.1. The second-order valence-electron chi connectivity index (χ2n) is 4.08. The molecule has 0 unspecified atom stereocenters. The summed E-state index contributed by atoms with van der Waals surface area (Å²) in [5.41, 5.74) is 1.09. The number of carbonyl (C=O) groups is 1. The molecule has 106 valence electrons. The third-order valence-corrected chi connectivity index (χ3v) is 2.67. The number of rotatable bonds is 9. The van der Waals surface area contributed by atoms with Crippen LogP contribution >= 0.6 is 0 Å². The molecule has 19 heavy (non-hydrogen) atoms. The van der Waals surface area contributed by atoms with E-state index in [4.69, 9.17) is 9.47 Å². The molecule has 2 N–H and O–H groups in total. The van der Waals surface area contributed by atoms with Crippen LogP contribution in [0.15, 0.2) is 24.3 Å². The molecule has 0 heterocycles. The van der Waals surface area contributed by atoms with Crippen molar-refractivity contribution in [3.8, 4) is 5.75 Å². The number of ether oxygens (including phenoxy) is 2. The van der Waals surface area contributed by atoms with Crippen LogP contribution in [0.3, 0.4) is 0 Å². The van der Waals surface area contributed by atoms with E-state index < -0.39 is 0 Å². The molecule has 0 aromatic heterocycles. The molecule has 0 saturated heterocycles. The lowest BCUT2D eigenvalue weighted by Crippen LogP contribution is -2.30. The fourth-order valence-corrected chi connectivity index (χ4v) is 1.65. The highest BCUT2D eigenvalue weighted by atomic mass is 16.5. The van der Waals surface area contributed by atoms with E-state index in [1.807, 2.05) is 24.3 Å². The van der Waals surface area contributed by atoms with Gasteiger partial charge in [0.25, 0.3) is 0 Å². The van der Waals surface area contributed by atoms with Gasteiger partial charge in [0.05, 0.1) is 13.7 Å². The Bertz CT molecular complexity index is 383. The molecule has 0 aliphatic heterocycles. The van der Waals surface area contributed by atoms with Crippen LogP contribution in [-0.4, -0.2) is 39.8 Å². The van der Waals surface area contributed by atoms with E-state index >= 15 is 0 Å². The minimum absolute atomic E-state index is 0.0320. The molecule has 0 bridgehead atoms. The molecule has 0 saturated carbocycles. The van der Waals surface area contributed by atoms with Crippen molar-refractivity contribution in [3.05, 3.63) is 29.8 Å². The molecule has 1 rings (SSSR count). The molecule has 0 aliphatic rings. The van der Waals surface area contributed by atoms with Crippen molar-refractivity contribution in [2.24, 2.45) is 0 Å². The summed E-state index contributed by atoms with van der Waals surface area (Å²) in [5.74, 6) is 0.893. The van der Waals surface area contributed by atoms with Gasteiger partial charge in [-0.3, -0.25) is 4.79 Å². The lowest BCUT2D eigenvalue weighted by molar-refractivity contribution is -0.121. The fourth-order valence-electron chi connectivity index (χ4n) is 1.65. The average Bonchev–Trinajstić information content (AvgIpc) is 2.44. The van der Waals surface area contributed by atoms with Gasteiger partial charge in [0.15, 0.2) is 0 Å². The molecule has 1 aromatic carbocycles. The van der Waals surface area contributed by atoms with E-state index in [1.54, 1.807) is 14.2 Å². The molecule has 0 aliphatic carbocycles. The van der Waals surface area contributed by atoms with Crippen molar-refractivity contribution in [2.45, 2.75) is 13.0 Å². The zero-order valence-electron chi connectivity index (χ0n) is 11.6. The number of carbonyl (C=O) groups excluding carboxylic acids is 1. The van der Waals surface area contributed by atoms with Crippen LogP contribution in [0.1, 0.15) is 12.0 Å². The standard InChI is InChI=1S/C14H22N2O3/c1-18-10-9-16-14(17)7-8-15-11-12-5-3-4-6-13(12)19-2/h3-6,15H,7-11H2,1-2H3,(H,16,17). The van der Waals surface area contributed by atoms with Crippen molar-refractivity contribution in [1.82, 2.24) is 10.6 Å². The van der Waals surface area contributed by atoms with Crippen molar-refractivity contribution in [1.29, 1.82) is 0 Å². The maximum Gasteiger partial charge on any atom is 0.221 e. The van der Waals surface area contributed by atoms with E-state index in [1.165, 1.54) is 0 Å². The second kappa shape index (κ2) is 9.35. The SMILES string of the molecule is COCCNC(=O)CCNCc1ccccc1OC. The quantitative estimate of drug-likeness (QED) is 0.653. The first-order chi connectivity index (χ1) is 9.27. The normalized spacial score (nSPS) is 10.2. The predicted octanol–water partition coefficient (Wildman–Crippen LogP) is 0.938. The monoisotopic (exact) mass is 266 g/mol. The summed E-state index contributed by atoms with van der Waals surface area (Å²) in [6.45, 7) is 2.43. The highest BCUT2D eigenvalue weighted by Crippen LogP contribution is 2.16. The van der Waals surface area contributed by atoms with E-state index in [0.717, 1.165) is 11.3 Å². The Morgan fingerprint density at radius 3 is 2.74 bits per heavy atom. The van der Waals surface area contributed by atoms with Crippen LogP contribution in [0.5, 0.6) is 5.75 Å². The van der Waals surface area contributed by atoms with Gasteiger partial charge in [-0.05, 0) is 6.07 Å². The Hall–Kier alpha value is -1.59. The third kappa shape index (κ3) is 6.22. The Balaban J connectivity index is 2.18. The highest BCUT2D eigenvalue weighted by Gasteiger charge is 2.02. The minimum Gasteiger partial charge on any atom is -0.496 e. The predicted molar refractivity (Wildman–Crippen MR) is 74.2 cm³/mol. The zero-order chi connectivity index (χ0) is 13.9. The molecule has 5 heteroatoms. The first-order valence-electron chi connectivity index (χ1n) is 6.36. The number of amides is 1. The van der Waals surface area contributed by atoms with Crippen molar-refractivity contribution in [2.75, 3.05) is 33.9 Å². The van der Waals surface area contributed by atoms with E-state index in [2.05, 4.69) is 10.6 Å². The zero-order valence-corrected chi connectivity index (χ0v) is 11.6. The van der Waals surface area contributed by atoms with Gasteiger partial charge in [-0.2, -0.15) is 0 Å². The van der Waals surface area contributed by atoms with Crippen LogP contribution in [0, 0.1) is 0 Å². The first kappa shape index (κ1) is 15.5. The second-order valence-corrected chi connectivity index (χ2v) is 4.08. The number of methoxy groups -OCH3 is 2. The largest absolute Gasteiger partial charge is 0.496 e. The van der Waals surface area contributed by atoms with Gasteiger partial charge in [-0.1, -0.05) is 18.2 Å². The van der Waals surface area contributed by atoms with Gasteiger partial charge in [0.2, 0.25) is 5.91 Å². The smallest absolute Gasteiger partial charge is 0.221 e. The first-order valence-corrected chi connectivity index (χ1v) is 6.36. The lowest BCUT2D eigenvalue weighted by Gasteiger charge is -2.09. The maximum atomic E-state index is 11.4. The fraction of sp³-hybridized carbons (Fsp3) is 0.500. The van der Waals surface area contributed by atoms with Crippen LogP contribution in [0.25, 0.3) is 0 Å². The topological polar surface area (TPSA) is 59.6 Å². The van der Waals surface area contributed by atoms with Crippen LogP contribution in [0.2, 0.25) is 0 Å². The van der Waals surface area contributed by atoms with Gasteiger partial charge in [0, 0.05) is 38.7 Å². The summed E-state index contributed by atoms with van der Waals surface area (Å²) in [6.07, 6.45) is 0.457. The molecule has 5 nitrogen and oxygen atoms in total. The number of benzene rings is 1. The minimum atomic E-state index is 0.0320. The van der Waals surface area contributed by atoms with E-state index in [9.17, 15) is 4.79 Å². The maximum absolute atomic E-state index is 11.4. The lowest BCUT2D eigenvalue weighted by atomic mass is 10.2. The molecular formula is C14H22N2O3. The summed E-state index contributed by atoms with van der Waals surface area (Å²) in [5, 5.41) is 6.00. The Labute approximate surface area is 114 Å². The number of hydrogen-bond donors (Lipinski definition) is 2. The summed E-state index contributed by atoms with van der Waals surface area (Å²) in [6, 6.07) is 7.83. The van der Waals surface area contributed by atoms with Crippen molar-refractivity contribution < 1.29 is 14.3 Å². The molecule has 1 amide bonds. The van der Waals surface area contributed by atoms with Gasteiger partial charge in [0.1, 0.15) is 5.75 Å². The average molecular weight is 266 g/mol. The van der Waals surface area contributed by atoms with Crippen LogP contribution in [0.4, 0.5) is 0 Å². The number of nitrogens with one attached hydrogen (secondary N) is 2. The van der Waals surface area contributed by atoms with Crippen molar-refractivity contribution >= 4 is 5.91 Å². The van der Waals surface area contributed by atoms with Crippen molar-refractivity contribution in [3.63, 3.8) is 0 Å².